The van der Waals surface area contributed by atoms with E-state index in [4.69, 9.17) is 0 Å². The van der Waals surface area contributed by atoms with Crippen molar-refractivity contribution < 1.29 is 9.59 Å². The molecule has 26 heavy (non-hydrogen) atoms. The van der Waals surface area contributed by atoms with E-state index in [0.717, 1.165) is 16.3 Å². The lowest BCUT2D eigenvalue weighted by Crippen LogP contribution is -2.36. The summed E-state index contributed by atoms with van der Waals surface area (Å²) < 4.78 is 0. The molecule has 0 bridgehead atoms. The lowest BCUT2D eigenvalue weighted by molar-refractivity contribution is -0.121. The summed E-state index contributed by atoms with van der Waals surface area (Å²) in [5, 5.41) is 8.05. The average molecular weight is 353 g/mol. The first-order valence-corrected chi connectivity index (χ1v) is 9.38. The van der Waals surface area contributed by atoms with E-state index in [1.165, 1.54) is 6.42 Å². The normalized spacial score (nSPS) is 19.8. The van der Waals surface area contributed by atoms with Crippen molar-refractivity contribution in [1.82, 2.24) is 15.6 Å². The van der Waals surface area contributed by atoms with E-state index in [9.17, 15) is 9.59 Å². The largest absolute Gasteiger partial charge is 0.356 e. The standard InChI is InChI=1S/C21H27N3O2/c1-14(12-24-21(26)10-18-8-15(18)2)11-23-20(25)9-16-4-3-5-17-13-22-7-6-19(16)17/h3-7,13-15,18H,8-12H2,1-2H3,(H,23,25)(H,24,26). The predicted molar refractivity (Wildman–Crippen MR) is 103 cm³/mol. The van der Waals surface area contributed by atoms with Gasteiger partial charge < -0.3 is 10.6 Å². The number of nitrogens with one attached hydrogen (secondary N) is 2. The molecule has 1 heterocycles. The van der Waals surface area contributed by atoms with E-state index >= 15 is 0 Å². The van der Waals surface area contributed by atoms with Crippen molar-refractivity contribution >= 4 is 22.6 Å². The van der Waals surface area contributed by atoms with Crippen molar-refractivity contribution in [3.05, 3.63) is 42.2 Å². The van der Waals surface area contributed by atoms with Gasteiger partial charge in [0.2, 0.25) is 11.8 Å². The lowest BCUT2D eigenvalue weighted by Gasteiger charge is -2.14. The van der Waals surface area contributed by atoms with Crippen molar-refractivity contribution in [2.75, 3.05) is 13.1 Å². The summed E-state index contributed by atoms with van der Waals surface area (Å²) in [5.41, 5.74) is 1.00. The van der Waals surface area contributed by atoms with E-state index < -0.39 is 0 Å². The molecule has 2 aromatic rings. The molecule has 1 saturated carbocycles. The number of aromatic nitrogens is 1. The van der Waals surface area contributed by atoms with Gasteiger partial charge in [-0.2, -0.15) is 0 Å². The van der Waals surface area contributed by atoms with Crippen LogP contribution >= 0.6 is 0 Å². The number of nitrogens with zero attached hydrogens (tertiary/aromatic N) is 1. The van der Waals surface area contributed by atoms with Crippen molar-refractivity contribution in [3.63, 3.8) is 0 Å². The molecule has 5 nitrogen and oxygen atoms in total. The van der Waals surface area contributed by atoms with Crippen LogP contribution in [0, 0.1) is 17.8 Å². The van der Waals surface area contributed by atoms with Crippen LogP contribution in [0.1, 0.15) is 32.3 Å². The molecule has 5 heteroatoms. The van der Waals surface area contributed by atoms with Crippen molar-refractivity contribution in [2.24, 2.45) is 17.8 Å². The maximum Gasteiger partial charge on any atom is 0.224 e. The molecule has 1 aliphatic carbocycles. The fourth-order valence-electron chi connectivity index (χ4n) is 3.22. The summed E-state index contributed by atoms with van der Waals surface area (Å²) in [6.07, 6.45) is 5.71. The zero-order chi connectivity index (χ0) is 18.5. The van der Waals surface area contributed by atoms with Crippen molar-refractivity contribution in [1.29, 1.82) is 0 Å². The summed E-state index contributed by atoms with van der Waals surface area (Å²) in [7, 11) is 0. The van der Waals surface area contributed by atoms with E-state index in [-0.39, 0.29) is 17.7 Å². The van der Waals surface area contributed by atoms with E-state index in [1.807, 2.05) is 37.4 Å². The topological polar surface area (TPSA) is 71.1 Å². The number of benzene rings is 1. The molecule has 0 aliphatic heterocycles. The van der Waals surface area contributed by atoms with Crippen LogP contribution in [0.5, 0.6) is 0 Å². The molecule has 3 rings (SSSR count). The first kappa shape index (κ1) is 18.4. The number of pyridine rings is 1. The summed E-state index contributed by atoms with van der Waals surface area (Å²) in [5.74, 6) is 1.60. The molecule has 3 atom stereocenters. The molecule has 138 valence electrons. The van der Waals surface area contributed by atoms with Crippen molar-refractivity contribution in [2.45, 2.75) is 33.1 Å². The highest BCUT2D eigenvalue weighted by Crippen LogP contribution is 2.40. The van der Waals surface area contributed by atoms with Crippen LogP contribution in [0.2, 0.25) is 0 Å². The van der Waals surface area contributed by atoms with Gasteiger partial charge in [-0.15, -0.1) is 0 Å². The predicted octanol–water partition coefficient (Wildman–Crippen LogP) is 2.69. The van der Waals surface area contributed by atoms with Gasteiger partial charge in [0.1, 0.15) is 0 Å². The van der Waals surface area contributed by atoms with Gasteiger partial charge in [0.05, 0.1) is 6.42 Å². The first-order valence-electron chi connectivity index (χ1n) is 9.38. The molecular weight excluding hydrogens is 326 g/mol. The molecule has 1 fully saturated rings. The maximum atomic E-state index is 12.3. The van der Waals surface area contributed by atoms with Gasteiger partial charge in [0, 0.05) is 37.3 Å². The molecule has 1 aromatic carbocycles. The van der Waals surface area contributed by atoms with Crippen LogP contribution in [-0.2, 0) is 16.0 Å². The van der Waals surface area contributed by atoms with E-state index in [2.05, 4.69) is 22.5 Å². The Balaban J connectivity index is 1.41. The fraction of sp³-hybridized carbons (Fsp3) is 0.476. The van der Waals surface area contributed by atoms with Crippen LogP contribution in [-0.4, -0.2) is 29.9 Å². The van der Waals surface area contributed by atoms with Crippen LogP contribution < -0.4 is 10.6 Å². The molecule has 1 aliphatic rings. The minimum absolute atomic E-state index is 0.000654. The second-order valence-electron chi connectivity index (χ2n) is 7.58. The highest BCUT2D eigenvalue weighted by atomic mass is 16.2. The summed E-state index contributed by atoms with van der Waals surface area (Å²) in [6, 6.07) is 7.86. The third-order valence-electron chi connectivity index (χ3n) is 5.14. The average Bonchev–Trinajstić information content (AvgIpc) is 3.33. The lowest BCUT2D eigenvalue weighted by atomic mass is 10.0. The fourth-order valence-corrected chi connectivity index (χ4v) is 3.22. The number of amides is 2. The van der Waals surface area contributed by atoms with Gasteiger partial charge in [-0.25, -0.2) is 0 Å². The summed E-state index contributed by atoms with van der Waals surface area (Å²) >= 11 is 0. The third kappa shape index (κ3) is 5.04. The van der Waals surface area contributed by atoms with Gasteiger partial charge >= 0.3 is 0 Å². The highest BCUT2D eigenvalue weighted by Gasteiger charge is 2.34. The molecule has 1 aromatic heterocycles. The zero-order valence-electron chi connectivity index (χ0n) is 15.5. The molecule has 3 unspecified atom stereocenters. The molecule has 2 N–H and O–H groups in total. The number of hydrogen-bond donors (Lipinski definition) is 2. The smallest absolute Gasteiger partial charge is 0.224 e. The second kappa shape index (κ2) is 8.30. The van der Waals surface area contributed by atoms with Crippen LogP contribution in [0.3, 0.4) is 0 Å². The van der Waals surface area contributed by atoms with Crippen molar-refractivity contribution in [3.8, 4) is 0 Å². The monoisotopic (exact) mass is 353 g/mol. The summed E-state index contributed by atoms with van der Waals surface area (Å²) in [4.78, 5) is 28.2. The minimum atomic E-state index is -0.000654. The Bertz CT molecular complexity index is 784. The molecule has 0 saturated heterocycles. The highest BCUT2D eigenvalue weighted by molar-refractivity contribution is 5.89. The number of fused-ring (bicyclic) bond motifs is 1. The second-order valence-corrected chi connectivity index (χ2v) is 7.58. The molecule has 0 radical (unpaired) electrons. The number of rotatable bonds is 8. The number of hydrogen-bond acceptors (Lipinski definition) is 3. The Kier molecular flexibility index (Phi) is 5.86. The van der Waals surface area contributed by atoms with Gasteiger partial charge in [-0.3, -0.25) is 14.6 Å². The molecule has 2 amide bonds. The Morgan fingerprint density at radius 2 is 1.92 bits per heavy atom. The Hall–Kier alpha value is -2.43. The quantitative estimate of drug-likeness (QED) is 0.766. The van der Waals surface area contributed by atoms with Crippen LogP contribution in [0.4, 0.5) is 0 Å². The third-order valence-corrected chi connectivity index (χ3v) is 5.14. The summed E-state index contributed by atoms with van der Waals surface area (Å²) in [6.45, 7) is 5.37. The Morgan fingerprint density at radius 1 is 1.19 bits per heavy atom. The number of carbonyl (C=O) groups is 2. The van der Waals surface area contributed by atoms with Gasteiger partial charge in [-0.1, -0.05) is 32.0 Å². The molecule has 0 spiro atoms. The van der Waals surface area contributed by atoms with Gasteiger partial charge in [0.15, 0.2) is 0 Å². The van der Waals surface area contributed by atoms with Crippen LogP contribution in [0.15, 0.2) is 36.7 Å². The van der Waals surface area contributed by atoms with E-state index in [0.29, 0.717) is 37.8 Å². The SMILES string of the molecule is CC(CNC(=O)Cc1cccc2cnccc12)CNC(=O)CC1CC1C. The van der Waals surface area contributed by atoms with Gasteiger partial charge in [0.25, 0.3) is 0 Å². The van der Waals surface area contributed by atoms with Crippen LogP contribution in [0.25, 0.3) is 10.8 Å². The van der Waals surface area contributed by atoms with E-state index in [1.54, 1.807) is 6.20 Å². The minimum Gasteiger partial charge on any atom is -0.356 e. The molecular formula is C21H27N3O2. The Morgan fingerprint density at radius 3 is 2.65 bits per heavy atom. The Labute approximate surface area is 154 Å². The maximum absolute atomic E-state index is 12.3. The number of carbonyl (C=O) groups excluding carboxylic acids is 2. The van der Waals surface area contributed by atoms with Gasteiger partial charge in [-0.05, 0) is 41.2 Å². The zero-order valence-corrected chi connectivity index (χ0v) is 15.5. The first-order chi connectivity index (χ1) is 12.5.